The number of ether oxygens (including phenoxy) is 2. The van der Waals surface area contributed by atoms with Crippen LogP contribution in [0.25, 0.3) is 0 Å². The lowest BCUT2D eigenvalue weighted by Gasteiger charge is -2.23. The lowest BCUT2D eigenvalue weighted by atomic mass is 10.0. The van der Waals surface area contributed by atoms with Crippen molar-refractivity contribution in [1.82, 2.24) is 0 Å². The number of hydrogen-bond donors (Lipinski definition) is 0. The molecule has 0 N–H and O–H groups in total. The summed E-state index contributed by atoms with van der Waals surface area (Å²) in [5.41, 5.74) is 2.35. The van der Waals surface area contributed by atoms with Gasteiger partial charge in [0.15, 0.2) is 0 Å². The maximum atomic E-state index is 6.06. The molecule has 1 rings (SSSR count). The first-order valence-electron chi connectivity index (χ1n) is 6.51. The van der Waals surface area contributed by atoms with E-state index in [4.69, 9.17) is 9.47 Å². The summed E-state index contributed by atoms with van der Waals surface area (Å²) in [5.74, 6) is 1.42. The van der Waals surface area contributed by atoms with E-state index in [0.717, 1.165) is 16.6 Å². The van der Waals surface area contributed by atoms with E-state index in [9.17, 15) is 0 Å². The highest BCUT2D eigenvalue weighted by Gasteiger charge is 2.17. The predicted molar refractivity (Wildman–Crippen MR) is 89.1 cm³/mol. The smallest absolute Gasteiger partial charge is 0.118 e. The Morgan fingerprint density at radius 3 is 2.42 bits per heavy atom. The quantitative estimate of drug-likeness (QED) is 0.376. The fourth-order valence-electron chi connectivity index (χ4n) is 1.79. The van der Waals surface area contributed by atoms with Gasteiger partial charge in [0.05, 0.1) is 19.8 Å². The van der Waals surface area contributed by atoms with E-state index in [0.29, 0.717) is 12.5 Å². The molecule has 0 aliphatic carbocycles. The van der Waals surface area contributed by atoms with Gasteiger partial charge in [0, 0.05) is 4.43 Å². The molecule has 0 amide bonds. The summed E-state index contributed by atoms with van der Waals surface area (Å²) >= 11 is 2.41. The Hall–Kier alpha value is -0.550. The summed E-state index contributed by atoms with van der Waals surface area (Å²) in [6.07, 6.45) is 1.18. The molecule has 3 heteroatoms. The first-order chi connectivity index (χ1) is 9.06. The first-order valence-corrected chi connectivity index (χ1v) is 8.04. The second-order valence-corrected chi connectivity index (χ2v) is 5.87. The van der Waals surface area contributed by atoms with Crippen molar-refractivity contribution in [2.75, 3.05) is 11.5 Å². The molecule has 2 atom stereocenters. The van der Waals surface area contributed by atoms with E-state index in [1.807, 2.05) is 24.3 Å². The van der Waals surface area contributed by atoms with E-state index < -0.39 is 0 Å². The van der Waals surface area contributed by atoms with Gasteiger partial charge in [-0.15, -0.1) is 6.58 Å². The topological polar surface area (TPSA) is 18.5 Å². The lowest BCUT2D eigenvalue weighted by Crippen LogP contribution is -2.23. The molecule has 1 aromatic rings. The van der Waals surface area contributed by atoms with E-state index in [2.05, 4.69) is 43.0 Å². The Morgan fingerprint density at radius 2 is 1.95 bits per heavy atom. The molecule has 0 unspecified atom stereocenters. The van der Waals surface area contributed by atoms with Crippen LogP contribution in [0, 0.1) is 5.92 Å². The number of methoxy groups -OCH3 is 1. The third-order valence-corrected chi connectivity index (χ3v) is 4.44. The van der Waals surface area contributed by atoms with Crippen molar-refractivity contribution >= 4 is 22.6 Å². The van der Waals surface area contributed by atoms with Gasteiger partial charge in [-0.05, 0) is 37.0 Å². The molecule has 0 aliphatic heterocycles. The van der Waals surface area contributed by atoms with Gasteiger partial charge in [-0.25, -0.2) is 0 Å². The summed E-state index contributed by atoms with van der Waals surface area (Å²) in [6.45, 7) is 8.92. The summed E-state index contributed by atoms with van der Waals surface area (Å²) in [7, 11) is 1.68. The zero-order valence-corrected chi connectivity index (χ0v) is 14.1. The van der Waals surface area contributed by atoms with E-state index in [1.54, 1.807) is 7.11 Å². The number of benzene rings is 1. The standard InChI is InChI=1S/C16H23IO2/c1-12(2)9-16(13(3)10-17)19-11-14-5-7-15(18-4)8-6-14/h5-8,13,16H,1,9-11H2,2-4H3/t13-,16-/m0/s1. The normalized spacial score (nSPS) is 13.9. The molecule has 0 heterocycles. The second-order valence-electron chi connectivity index (χ2n) is 4.99. The third kappa shape index (κ3) is 5.95. The number of rotatable bonds is 8. The van der Waals surface area contributed by atoms with Gasteiger partial charge in [-0.1, -0.05) is 47.2 Å². The minimum atomic E-state index is 0.247. The van der Waals surface area contributed by atoms with Crippen LogP contribution in [0.4, 0.5) is 0 Å². The molecular formula is C16H23IO2. The minimum Gasteiger partial charge on any atom is -0.497 e. The van der Waals surface area contributed by atoms with Gasteiger partial charge in [0.1, 0.15) is 5.75 Å². The van der Waals surface area contributed by atoms with Crippen molar-refractivity contribution in [2.45, 2.75) is 33.0 Å². The van der Waals surface area contributed by atoms with Crippen LogP contribution in [0.2, 0.25) is 0 Å². The molecule has 0 aliphatic rings. The Morgan fingerprint density at radius 1 is 1.32 bits per heavy atom. The van der Waals surface area contributed by atoms with Gasteiger partial charge in [-0.3, -0.25) is 0 Å². The van der Waals surface area contributed by atoms with Crippen molar-refractivity contribution < 1.29 is 9.47 Å². The molecule has 0 fully saturated rings. The molecule has 0 spiro atoms. The van der Waals surface area contributed by atoms with Gasteiger partial charge < -0.3 is 9.47 Å². The minimum absolute atomic E-state index is 0.247. The second kappa shape index (κ2) is 8.59. The Bertz CT molecular complexity index is 386. The first kappa shape index (κ1) is 16.5. The summed E-state index contributed by atoms with van der Waals surface area (Å²) in [6, 6.07) is 8.03. The fraction of sp³-hybridized carbons (Fsp3) is 0.500. The molecule has 2 nitrogen and oxygen atoms in total. The molecule has 19 heavy (non-hydrogen) atoms. The summed E-state index contributed by atoms with van der Waals surface area (Å²) < 4.78 is 12.3. The SMILES string of the molecule is C=C(C)C[C@H](OCc1ccc(OC)cc1)[C@@H](C)CI. The van der Waals surface area contributed by atoms with Crippen LogP contribution in [0.5, 0.6) is 5.75 Å². The molecule has 0 saturated carbocycles. The van der Waals surface area contributed by atoms with Crippen LogP contribution in [0.1, 0.15) is 25.8 Å². The van der Waals surface area contributed by atoms with Crippen molar-refractivity contribution in [3.8, 4) is 5.75 Å². The van der Waals surface area contributed by atoms with Crippen LogP contribution in [0.3, 0.4) is 0 Å². The highest BCUT2D eigenvalue weighted by Crippen LogP contribution is 2.20. The van der Waals surface area contributed by atoms with Crippen molar-refractivity contribution in [3.63, 3.8) is 0 Å². The highest BCUT2D eigenvalue weighted by atomic mass is 127. The largest absolute Gasteiger partial charge is 0.497 e. The Kier molecular flexibility index (Phi) is 7.46. The van der Waals surface area contributed by atoms with E-state index in [1.165, 1.54) is 11.1 Å². The number of alkyl halides is 1. The van der Waals surface area contributed by atoms with Gasteiger partial charge in [0.25, 0.3) is 0 Å². The van der Waals surface area contributed by atoms with Gasteiger partial charge >= 0.3 is 0 Å². The van der Waals surface area contributed by atoms with Crippen LogP contribution in [0.15, 0.2) is 36.4 Å². The zero-order valence-electron chi connectivity index (χ0n) is 12.0. The third-order valence-electron chi connectivity index (χ3n) is 3.05. The molecule has 0 aromatic heterocycles. The van der Waals surface area contributed by atoms with E-state index >= 15 is 0 Å². The number of halogens is 1. The molecule has 1 aromatic carbocycles. The highest BCUT2D eigenvalue weighted by molar-refractivity contribution is 14.1. The summed E-state index contributed by atoms with van der Waals surface area (Å²) in [4.78, 5) is 0. The molecule has 0 radical (unpaired) electrons. The van der Waals surface area contributed by atoms with Gasteiger partial charge in [-0.2, -0.15) is 0 Å². The van der Waals surface area contributed by atoms with Crippen LogP contribution < -0.4 is 4.74 Å². The van der Waals surface area contributed by atoms with E-state index in [-0.39, 0.29) is 6.10 Å². The summed E-state index contributed by atoms with van der Waals surface area (Å²) in [5, 5.41) is 0. The lowest BCUT2D eigenvalue weighted by molar-refractivity contribution is 0.0132. The average Bonchev–Trinajstić information content (AvgIpc) is 2.42. The molecule has 0 saturated heterocycles. The van der Waals surface area contributed by atoms with Crippen LogP contribution in [-0.2, 0) is 11.3 Å². The van der Waals surface area contributed by atoms with Crippen molar-refractivity contribution in [3.05, 3.63) is 42.0 Å². The van der Waals surface area contributed by atoms with Crippen LogP contribution >= 0.6 is 22.6 Å². The maximum Gasteiger partial charge on any atom is 0.118 e. The fourth-order valence-corrected chi connectivity index (χ4v) is 2.36. The van der Waals surface area contributed by atoms with Crippen molar-refractivity contribution in [1.29, 1.82) is 0 Å². The maximum absolute atomic E-state index is 6.06. The Labute approximate surface area is 130 Å². The molecule has 0 bridgehead atoms. The predicted octanol–water partition coefficient (Wildman–Crippen LogP) is 4.62. The molecular weight excluding hydrogens is 351 g/mol. The van der Waals surface area contributed by atoms with Crippen molar-refractivity contribution in [2.24, 2.45) is 5.92 Å². The number of hydrogen-bond acceptors (Lipinski definition) is 2. The Balaban J connectivity index is 2.56. The molecule has 106 valence electrons. The average molecular weight is 374 g/mol. The van der Waals surface area contributed by atoms with Crippen LogP contribution in [-0.4, -0.2) is 17.6 Å². The monoisotopic (exact) mass is 374 g/mol. The van der Waals surface area contributed by atoms with Gasteiger partial charge in [0.2, 0.25) is 0 Å². The zero-order chi connectivity index (χ0) is 14.3.